The predicted molar refractivity (Wildman–Crippen MR) is 210 cm³/mol. The van der Waals surface area contributed by atoms with Crippen LogP contribution in [0, 0.1) is 18.2 Å². The maximum absolute atomic E-state index is 15.5. The van der Waals surface area contributed by atoms with Gasteiger partial charge < -0.3 is 24.3 Å². The van der Waals surface area contributed by atoms with Gasteiger partial charge in [0.05, 0.1) is 30.6 Å². The van der Waals surface area contributed by atoms with Gasteiger partial charge in [0.25, 0.3) is 11.5 Å². The van der Waals surface area contributed by atoms with Gasteiger partial charge in [0.15, 0.2) is 23.1 Å². The molecule has 294 valence electrons. The minimum absolute atomic E-state index is 0.0425. The second-order valence-electron chi connectivity index (χ2n) is 14.8. The molecule has 1 saturated heterocycles. The molecule has 3 heterocycles. The smallest absolute Gasteiger partial charge is 0.323 e. The normalized spacial score (nSPS) is 16.6. The number of nitrogens with zero attached hydrogens (tertiary/aromatic N) is 5. The van der Waals surface area contributed by atoms with Crippen molar-refractivity contribution in [3.05, 3.63) is 100 Å². The Hall–Kier alpha value is -5.73. The minimum atomic E-state index is -0.718. The molecule has 14 heteroatoms. The summed E-state index contributed by atoms with van der Waals surface area (Å²) in [7, 11) is 6.99. The number of para-hydroxylation sites is 1. The number of likely N-dealkylation sites (N-methyl/N-ethyl adjacent to an activating group) is 1. The summed E-state index contributed by atoms with van der Waals surface area (Å²) in [6.07, 6.45) is 4.39. The second kappa shape index (κ2) is 15.8. The number of carbonyl (C=O) groups is 2. The maximum Gasteiger partial charge on any atom is 0.323 e. The van der Waals surface area contributed by atoms with Gasteiger partial charge in [0.2, 0.25) is 0 Å². The third-order valence-electron chi connectivity index (χ3n) is 11.0. The van der Waals surface area contributed by atoms with E-state index in [9.17, 15) is 14.4 Å². The maximum atomic E-state index is 15.5. The van der Waals surface area contributed by atoms with E-state index in [0.29, 0.717) is 46.1 Å². The predicted octanol–water partition coefficient (Wildman–Crippen LogP) is 5.95. The van der Waals surface area contributed by atoms with E-state index < -0.39 is 17.3 Å². The van der Waals surface area contributed by atoms with Gasteiger partial charge in [-0.15, -0.1) is 0 Å². The Kier molecular flexibility index (Phi) is 10.9. The Labute approximate surface area is 324 Å². The Bertz CT molecular complexity index is 2320. The molecule has 1 amide bonds. The Morgan fingerprint density at radius 1 is 1.04 bits per heavy atom. The molecule has 3 aromatic carbocycles. The van der Waals surface area contributed by atoms with Crippen molar-refractivity contribution < 1.29 is 32.9 Å². The number of aromatic nitrogens is 3. The zero-order valence-corrected chi connectivity index (χ0v) is 32.5. The number of rotatable bonds is 14. The van der Waals surface area contributed by atoms with Crippen molar-refractivity contribution in [3.63, 3.8) is 0 Å². The Morgan fingerprint density at radius 2 is 1.80 bits per heavy atom. The number of likely N-dealkylation sites (tertiary alicyclic amines) is 1. The fraction of sp³-hybridized carbons (Fsp3) is 0.381. The molecule has 1 aliphatic carbocycles. The third-order valence-corrected chi connectivity index (χ3v) is 11.0. The van der Waals surface area contributed by atoms with Crippen LogP contribution in [0.25, 0.3) is 16.6 Å². The van der Waals surface area contributed by atoms with Gasteiger partial charge in [-0.25, -0.2) is 9.07 Å². The summed E-state index contributed by atoms with van der Waals surface area (Å²) in [5.74, 6) is -0.291. The number of ether oxygens (including phenoxy) is 4. The van der Waals surface area contributed by atoms with Crippen LogP contribution >= 0.6 is 0 Å². The van der Waals surface area contributed by atoms with Gasteiger partial charge >= 0.3 is 5.97 Å². The molecular weight excluding hydrogens is 719 g/mol. The number of anilines is 1. The second-order valence-corrected chi connectivity index (χ2v) is 14.8. The number of benzene rings is 3. The van der Waals surface area contributed by atoms with Crippen LogP contribution in [0.5, 0.6) is 23.0 Å². The van der Waals surface area contributed by atoms with Crippen LogP contribution in [0.15, 0.2) is 77.7 Å². The fourth-order valence-corrected chi connectivity index (χ4v) is 7.23. The van der Waals surface area contributed by atoms with Crippen LogP contribution in [0.4, 0.5) is 10.1 Å². The highest BCUT2D eigenvalue weighted by atomic mass is 19.1. The van der Waals surface area contributed by atoms with Crippen molar-refractivity contribution in [2.75, 3.05) is 52.8 Å². The van der Waals surface area contributed by atoms with Crippen LogP contribution in [-0.2, 0) is 16.6 Å². The number of pyridine rings is 1. The molecular formula is C42H47FN6O7. The molecule has 2 aliphatic rings. The van der Waals surface area contributed by atoms with Crippen molar-refractivity contribution in [3.8, 4) is 28.7 Å². The van der Waals surface area contributed by atoms with Gasteiger partial charge in [0.1, 0.15) is 23.5 Å². The van der Waals surface area contributed by atoms with Crippen LogP contribution in [-0.4, -0.2) is 95.6 Å². The molecule has 2 fully saturated rings. The monoisotopic (exact) mass is 766 g/mol. The molecule has 0 radical (unpaired) electrons. The summed E-state index contributed by atoms with van der Waals surface area (Å²) in [6, 6.07) is 17.9. The first-order chi connectivity index (χ1) is 26.9. The summed E-state index contributed by atoms with van der Waals surface area (Å²) in [5.41, 5.74) is 1.35. The summed E-state index contributed by atoms with van der Waals surface area (Å²) in [4.78, 5) is 47.9. The highest BCUT2D eigenvalue weighted by Gasteiger charge is 2.57. The lowest BCUT2D eigenvalue weighted by atomic mass is 10.0. The summed E-state index contributed by atoms with van der Waals surface area (Å²) >= 11 is 0. The van der Waals surface area contributed by atoms with Crippen molar-refractivity contribution in [1.29, 1.82) is 0 Å². The molecule has 56 heavy (non-hydrogen) atoms. The molecule has 0 bridgehead atoms. The Morgan fingerprint density at radius 3 is 2.50 bits per heavy atom. The van der Waals surface area contributed by atoms with Gasteiger partial charge in [0, 0.05) is 61.5 Å². The average Bonchev–Trinajstić information content (AvgIpc) is 3.83. The number of hydrogen-bond donors (Lipinski definition) is 1. The van der Waals surface area contributed by atoms with E-state index >= 15 is 4.39 Å². The molecule has 1 aliphatic heterocycles. The molecule has 7 rings (SSSR count). The molecule has 5 aromatic rings. The standard InChI is InChI=1S/C42H47FN6O7/c1-26-38(40(51)49(47(26)5)29-11-8-7-9-12-29)39(50)45-28-13-14-34(31(43)21-28)55-33-15-18-44-32-23-36(35(53-6)22-30(32)33)54-20-10-19-48-24-37(42(25-48)16-17-42)56-41(52)27(2)46(3)4/h7-9,11-15,18,21-23,27,37H,10,16-17,19-20,24-25H2,1-6H3,(H,45,50)/t27-,37?/m0/s1. The lowest BCUT2D eigenvalue weighted by Crippen LogP contribution is -2.38. The van der Waals surface area contributed by atoms with Gasteiger partial charge in [-0.2, -0.15) is 0 Å². The topological polar surface area (TPSA) is 129 Å². The van der Waals surface area contributed by atoms with Crippen molar-refractivity contribution in [1.82, 2.24) is 24.1 Å². The number of esters is 1. The summed E-state index contributed by atoms with van der Waals surface area (Å²) in [6.45, 7) is 6.42. The van der Waals surface area contributed by atoms with E-state index in [4.69, 9.17) is 18.9 Å². The highest BCUT2D eigenvalue weighted by molar-refractivity contribution is 6.05. The van der Waals surface area contributed by atoms with Crippen LogP contribution in [0.3, 0.4) is 0 Å². The molecule has 1 saturated carbocycles. The van der Waals surface area contributed by atoms with Crippen LogP contribution in [0.2, 0.25) is 0 Å². The van der Waals surface area contributed by atoms with Gasteiger partial charge in [-0.1, -0.05) is 18.2 Å². The van der Waals surface area contributed by atoms with Crippen molar-refractivity contribution >= 4 is 28.5 Å². The first kappa shape index (κ1) is 38.5. The SMILES string of the molecule is COc1cc2c(Oc3ccc(NC(=O)c4c(C)n(C)n(-c5ccccc5)c4=O)cc3F)ccnc2cc1OCCCN1CC(OC(=O)[C@H](C)N(C)C)C2(CC2)C1. The highest BCUT2D eigenvalue weighted by Crippen LogP contribution is 2.54. The molecule has 2 aromatic heterocycles. The van der Waals surface area contributed by atoms with Crippen molar-refractivity contribution in [2.24, 2.45) is 12.5 Å². The van der Waals surface area contributed by atoms with Gasteiger partial charge in [-0.3, -0.25) is 33.8 Å². The van der Waals surface area contributed by atoms with Crippen LogP contribution < -0.4 is 25.1 Å². The zero-order chi connectivity index (χ0) is 39.7. The van der Waals surface area contributed by atoms with Gasteiger partial charge in [-0.05, 0) is 83.6 Å². The minimum Gasteiger partial charge on any atom is -0.493 e. The summed E-state index contributed by atoms with van der Waals surface area (Å²) < 4.78 is 42.3. The first-order valence-corrected chi connectivity index (χ1v) is 18.7. The van der Waals surface area contributed by atoms with E-state index in [1.807, 2.05) is 32.0 Å². The largest absolute Gasteiger partial charge is 0.493 e. The van der Waals surface area contributed by atoms with E-state index in [2.05, 4.69) is 15.2 Å². The zero-order valence-electron chi connectivity index (χ0n) is 32.5. The van der Waals surface area contributed by atoms with Crippen molar-refractivity contribution in [2.45, 2.75) is 45.3 Å². The Balaban J connectivity index is 0.981. The average molecular weight is 767 g/mol. The van der Waals surface area contributed by atoms with E-state index in [1.54, 1.807) is 74.4 Å². The molecule has 13 nitrogen and oxygen atoms in total. The summed E-state index contributed by atoms with van der Waals surface area (Å²) in [5, 5.41) is 3.23. The first-order valence-electron chi connectivity index (χ1n) is 18.7. The number of methoxy groups -OCH3 is 1. The third kappa shape index (κ3) is 7.71. The van der Waals surface area contributed by atoms with E-state index in [-0.39, 0.29) is 40.5 Å². The van der Waals surface area contributed by atoms with Crippen LogP contribution in [0.1, 0.15) is 42.2 Å². The van der Waals surface area contributed by atoms with E-state index in [1.165, 1.54) is 16.8 Å². The molecule has 2 atom stereocenters. The number of amides is 1. The number of hydrogen-bond acceptors (Lipinski definition) is 10. The quantitative estimate of drug-likeness (QED) is 0.107. The number of halogens is 1. The number of fused-ring (bicyclic) bond motifs is 1. The molecule has 1 N–H and O–H groups in total. The molecule has 1 unspecified atom stereocenters. The molecule has 1 spiro atoms. The van der Waals surface area contributed by atoms with E-state index in [0.717, 1.165) is 45.0 Å². The lowest BCUT2D eigenvalue weighted by Gasteiger charge is -2.23. The fourth-order valence-electron chi connectivity index (χ4n) is 7.23. The number of nitrogens with one attached hydrogen (secondary N) is 1. The number of carbonyl (C=O) groups excluding carboxylic acids is 2. The lowest BCUT2D eigenvalue weighted by molar-refractivity contribution is -0.155.